The summed E-state index contributed by atoms with van der Waals surface area (Å²) in [6, 6.07) is 6.86. The monoisotopic (exact) mass is 272 g/mol. The summed E-state index contributed by atoms with van der Waals surface area (Å²) in [5.41, 5.74) is 2.90. The van der Waals surface area contributed by atoms with E-state index in [0.29, 0.717) is 0 Å². The van der Waals surface area contributed by atoms with Crippen molar-refractivity contribution in [2.45, 2.75) is 58.3 Å². The third-order valence-corrected chi connectivity index (χ3v) is 4.48. The summed E-state index contributed by atoms with van der Waals surface area (Å²) < 4.78 is 5.75. The van der Waals surface area contributed by atoms with Crippen LogP contribution < -0.4 is 4.74 Å². The number of rotatable bonds is 6. The molecule has 1 saturated carbocycles. The Kier molecular flexibility index (Phi) is 5.70. The van der Waals surface area contributed by atoms with Gasteiger partial charge in [-0.3, -0.25) is 0 Å². The van der Waals surface area contributed by atoms with Crippen molar-refractivity contribution >= 4 is 0 Å². The average Bonchev–Trinajstić information content (AvgIpc) is 2.50. The van der Waals surface area contributed by atoms with Gasteiger partial charge in [0.25, 0.3) is 0 Å². The van der Waals surface area contributed by atoms with Gasteiger partial charge in [-0.2, -0.15) is 0 Å². The minimum atomic E-state index is 0.734. The van der Waals surface area contributed by atoms with Gasteiger partial charge in [-0.25, -0.2) is 0 Å². The molecule has 20 heavy (non-hydrogen) atoms. The van der Waals surface area contributed by atoms with Crippen molar-refractivity contribution in [3.05, 3.63) is 42.0 Å². The van der Waals surface area contributed by atoms with Gasteiger partial charge in [-0.05, 0) is 68.1 Å². The predicted molar refractivity (Wildman–Crippen MR) is 86.5 cm³/mol. The molecule has 0 radical (unpaired) electrons. The van der Waals surface area contributed by atoms with Gasteiger partial charge in [-0.15, -0.1) is 6.58 Å². The van der Waals surface area contributed by atoms with E-state index in [4.69, 9.17) is 4.74 Å². The summed E-state index contributed by atoms with van der Waals surface area (Å²) in [5.74, 6) is 2.56. The van der Waals surface area contributed by atoms with Crippen LogP contribution in [0.25, 0.3) is 0 Å². The number of aryl methyl sites for hydroxylation is 1. The maximum atomic E-state index is 5.75. The second-order valence-electron chi connectivity index (χ2n) is 5.90. The molecule has 1 aromatic carbocycles. The first-order valence-corrected chi connectivity index (χ1v) is 8.16. The lowest BCUT2D eigenvalue weighted by Crippen LogP contribution is -2.12. The van der Waals surface area contributed by atoms with Crippen molar-refractivity contribution in [1.29, 1.82) is 0 Å². The lowest BCUT2D eigenvalue weighted by Gasteiger charge is -2.27. The first-order valence-electron chi connectivity index (χ1n) is 8.16. The first kappa shape index (κ1) is 15.2. The summed E-state index contributed by atoms with van der Waals surface area (Å²) in [7, 11) is 0. The Morgan fingerprint density at radius 2 is 1.95 bits per heavy atom. The van der Waals surface area contributed by atoms with Crippen molar-refractivity contribution in [2.24, 2.45) is 5.92 Å². The van der Waals surface area contributed by atoms with Crippen LogP contribution >= 0.6 is 0 Å². The van der Waals surface area contributed by atoms with Gasteiger partial charge in [0.1, 0.15) is 5.75 Å². The Morgan fingerprint density at radius 1 is 1.20 bits per heavy atom. The Hall–Kier alpha value is -1.24. The van der Waals surface area contributed by atoms with Crippen LogP contribution in [-0.4, -0.2) is 6.61 Å². The van der Waals surface area contributed by atoms with E-state index in [9.17, 15) is 0 Å². The summed E-state index contributed by atoms with van der Waals surface area (Å²) in [6.07, 6.45) is 9.62. The minimum absolute atomic E-state index is 0.734. The first-order chi connectivity index (χ1) is 9.78. The second kappa shape index (κ2) is 7.52. The quantitative estimate of drug-likeness (QED) is 0.621. The van der Waals surface area contributed by atoms with E-state index < -0.39 is 0 Å². The van der Waals surface area contributed by atoms with E-state index in [1.807, 2.05) is 0 Å². The van der Waals surface area contributed by atoms with Crippen molar-refractivity contribution in [1.82, 2.24) is 0 Å². The molecule has 0 heterocycles. The smallest absolute Gasteiger partial charge is 0.122 e. The summed E-state index contributed by atoms with van der Waals surface area (Å²) in [4.78, 5) is 0. The molecule has 1 aliphatic carbocycles. The predicted octanol–water partition coefficient (Wildman–Crippen LogP) is 5.50. The van der Waals surface area contributed by atoms with Gasteiger partial charge in [0.15, 0.2) is 0 Å². The average molecular weight is 272 g/mol. The second-order valence-corrected chi connectivity index (χ2v) is 5.90. The van der Waals surface area contributed by atoms with Crippen LogP contribution in [-0.2, 0) is 6.42 Å². The van der Waals surface area contributed by atoms with Crippen LogP contribution in [0, 0.1) is 5.92 Å². The topological polar surface area (TPSA) is 9.23 Å². The number of hydrogen-bond donors (Lipinski definition) is 0. The fourth-order valence-corrected chi connectivity index (χ4v) is 3.30. The third-order valence-electron chi connectivity index (χ3n) is 4.48. The molecule has 0 amide bonds. The molecule has 0 aromatic heterocycles. The van der Waals surface area contributed by atoms with E-state index in [2.05, 4.69) is 44.7 Å². The Balaban J connectivity index is 2.12. The van der Waals surface area contributed by atoms with Crippen LogP contribution in [0.15, 0.2) is 30.9 Å². The lowest BCUT2D eigenvalue weighted by atomic mass is 9.78. The van der Waals surface area contributed by atoms with Gasteiger partial charge < -0.3 is 4.74 Å². The third kappa shape index (κ3) is 3.65. The molecule has 1 aliphatic rings. The molecule has 0 saturated heterocycles. The number of ether oxygens (including phenoxy) is 1. The van der Waals surface area contributed by atoms with Crippen molar-refractivity contribution in [3.8, 4) is 5.75 Å². The molecule has 0 bridgehead atoms. The van der Waals surface area contributed by atoms with Crippen molar-refractivity contribution < 1.29 is 4.74 Å². The minimum Gasteiger partial charge on any atom is -0.494 e. The van der Waals surface area contributed by atoms with E-state index in [0.717, 1.165) is 30.6 Å². The van der Waals surface area contributed by atoms with E-state index in [1.165, 1.54) is 43.2 Å². The maximum absolute atomic E-state index is 5.75. The Morgan fingerprint density at radius 3 is 2.55 bits per heavy atom. The molecule has 0 N–H and O–H groups in total. The van der Waals surface area contributed by atoms with E-state index in [1.54, 1.807) is 0 Å². The summed E-state index contributed by atoms with van der Waals surface area (Å²) in [5, 5.41) is 0. The summed E-state index contributed by atoms with van der Waals surface area (Å²) in [6.45, 7) is 8.98. The Bertz CT molecular complexity index is 427. The maximum Gasteiger partial charge on any atom is 0.122 e. The molecule has 0 spiro atoms. The highest BCUT2D eigenvalue weighted by Gasteiger charge is 2.21. The zero-order chi connectivity index (χ0) is 14.4. The van der Waals surface area contributed by atoms with Crippen LogP contribution in [0.3, 0.4) is 0 Å². The molecular weight excluding hydrogens is 244 g/mol. The largest absolute Gasteiger partial charge is 0.494 e. The zero-order valence-electron chi connectivity index (χ0n) is 13.0. The van der Waals surface area contributed by atoms with Gasteiger partial charge >= 0.3 is 0 Å². The van der Waals surface area contributed by atoms with Gasteiger partial charge in [-0.1, -0.05) is 31.6 Å². The summed E-state index contributed by atoms with van der Waals surface area (Å²) >= 11 is 0. The fourth-order valence-electron chi connectivity index (χ4n) is 3.30. The SMILES string of the molecule is C=CC1CCC(c2ccc(OCC)c(CCC)c2)CC1. The zero-order valence-corrected chi connectivity index (χ0v) is 13.0. The molecule has 1 heteroatoms. The van der Waals surface area contributed by atoms with Crippen molar-refractivity contribution in [3.63, 3.8) is 0 Å². The standard InChI is InChI=1S/C19H28O/c1-4-7-18-14-17(12-13-19(18)20-6-3)16-10-8-15(5-2)9-11-16/h5,12-16H,2,4,6-11H2,1,3H3. The molecule has 2 rings (SSSR count). The molecule has 0 aliphatic heterocycles. The van der Waals surface area contributed by atoms with Gasteiger partial charge in [0.2, 0.25) is 0 Å². The highest BCUT2D eigenvalue weighted by molar-refractivity contribution is 5.39. The lowest BCUT2D eigenvalue weighted by molar-refractivity contribution is 0.335. The van der Waals surface area contributed by atoms with Crippen LogP contribution in [0.2, 0.25) is 0 Å². The van der Waals surface area contributed by atoms with Crippen molar-refractivity contribution in [2.75, 3.05) is 6.61 Å². The normalized spacial score (nSPS) is 22.5. The molecule has 1 aromatic rings. The van der Waals surface area contributed by atoms with Crippen LogP contribution in [0.4, 0.5) is 0 Å². The van der Waals surface area contributed by atoms with Gasteiger partial charge in [0.05, 0.1) is 6.61 Å². The van der Waals surface area contributed by atoms with E-state index in [-0.39, 0.29) is 0 Å². The number of allylic oxidation sites excluding steroid dienone is 1. The molecule has 1 fully saturated rings. The number of benzene rings is 1. The molecule has 0 atom stereocenters. The van der Waals surface area contributed by atoms with Gasteiger partial charge in [0, 0.05) is 0 Å². The highest BCUT2D eigenvalue weighted by atomic mass is 16.5. The fraction of sp³-hybridized carbons (Fsp3) is 0.579. The highest BCUT2D eigenvalue weighted by Crippen LogP contribution is 2.37. The van der Waals surface area contributed by atoms with E-state index >= 15 is 0 Å². The van der Waals surface area contributed by atoms with Crippen LogP contribution in [0.1, 0.15) is 63.0 Å². The molecular formula is C19H28O. The number of hydrogen-bond acceptors (Lipinski definition) is 1. The molecule has 1 nitrogen and oxygen atoms in total. The Labute approximate surface area is 124 Å². The molecule has 0 unspecified atom stereocenters. The molecule has 110 valence electrons. The van der Waals surface area contributed by atoms with Crippen LogP contribution in [0.5, 0.6) is 5.75 Å².